The zero-order valence-electron chi connectivity index (χ0n) is 19.6. The van der Waals surface area contributed by atoms with E-state index in [0.717, 1.165) is 23.4 Å². The smallest absolute Gasteiger partial charge is 0.416 e. The average molecular weight is 489 g/mol. The first-order chi connectivity index (χ1) is 16.8. The molecule has 35 heavy (non-hydrogen) atoms. The minimum absolute atomic E-state index is 0.221. The average Bonchev–Trinajstić information content (AvgIpc) is 3.26. The van der Waals surface area contributed by atoms with Crippen LogP contribution in [0, 0.1) is 0 Å². The van der Waals surface area contributed by atoms with Gasteiger partial charge >= 0.3 is 6.18 Å². The van der Waals surface area contributed by atoms with Crippen LogP contribution in [0.3, 0.4) is 0 Å². The molecule has 0 aliphatic carbocycles. The highest BCUT2D eigenvalue weighted by Crippen LogP contribution is 2.38. The third-order valence-electron chi connectivity index (χ3n) is 5.96. The van der Waals surface area contributed by atoms with E-state index in [1.807, 2.05) is 31.2 Å². The van der Waals surface area contributed by atoms with Gasteiger partial charge in [-0.2, -0.15) is 13.2 Å². The van der Waals surface area contributed by atoms with Gasteiger partial charge in [-0.25, -0.2) is 0 Å². The summed E-state index contributed by atoms with van der Waals surface area (Å²) in [6.07, 6.45) is -3.95. The number of nitrogens with one attached hydrogen (secondary N) is 1. The third-order valence-corrected chi connectivity index (χ3v) is 5.96. The summed E-state index contributed by atoms with van der Waals surface area (Å²) in [7, 11) is 1.60. The van der Waals surface area contributed by atoms with Crippen molar-refractivity contribution in [3.63, 3.8) is 0 Å². The lowest BCUT2D eigenvalue weighted by atomic mass is 10.0. The van der Waals surface area contributed by atoms with E-state index in [9.17, 15) is 18.0 Å². The molecule has 1 aromatic heterocycles. The number of rotatable bonds is 7. The Labute approximate surface area is 201 Å². The number of morpholine rings is 1. The van der Waals surface area contributed by atoms with Crippen LogP contribution in [0.1, 0.15) is 34.0 Å². The minimum atomic E-state index is -4.45. The maximum atomic E-state index is 13.5. The summed E-state index contributed by atoms with van der Waals surface area (Å²) in [5, 5.41) is 3.26. The lowest BCUT2D eigenvalue weighted by molar-refractivity contribution is -0.137. The molecule has 3 aromatic rings. The summed E-state index contributed by atoms with van der Waals surface area (Å²) in [6, 6.07) is 12.2. The SMILES string of the molecule is CCc1c(NCc2ccc(OC)cc2)oc(-c2ccc(C(F)(F)F)cc2)c1C(=O)N1CCOCC1. The van der Waals surface area contributed by atoms with E-state index in [1.165, 1.54) is 12.1 Å². The Bertz CT molecular complexity index is 1150. The first-order valence-corrected chi connectivity index (χ1v) is 11.4. The number of anilines is 1. The van der Waals surface area contributed by atoms with Crippen LogP contribution in [-0.2, 0) is 23.9 Å². The standard InChI is InChI=1S/C26H27F3N2O4/c1-3-21-22(25(32)31-12-14-34-15-13-31)23(18-6-8-19(9-7-18)26(27,28)29)35-24(21)30-16-17-4-10-20(33-2)11-5-17/h4-11,30H,3,12-16H2,1-2H3. The molecule has 6 nitrogen and oxygen atoms in total. The predicted molar refractivity (Wildman–Crippen MR) is 126 cm³/mol. The number of alkyl halides is 3. The van der Waals surface area contributed by atoms with E-state index in [0.29, 0.717) is 61.8 Å². The highest BCUT2D eigenvalue weighted by molar-refractivity contribution is 6.02. The quantitative estimate of drug-likeness (QED) is 0.468. The van der Waals surface area contributed by atoms with Crippen molar-refractivity contribution in [3.8, 4) is 17.1 Å². The number of carbonyl (C=O) groups excluding carboxylic acids is 1. The number of nitrogens with zero attached hydrogens (tertiary/aromatic N) is 1. The zero-order valence-corrected chi connectivity index (χ0v) is 19.6. The highest BCUT2D eigenvalue weighted by Gasteiger charge is 2.32. The second-order valence-corrected chi connectivity index (χ2v) is 8.15. The van der Waals surface area contributed by atoms with Crippen molar-refractivity contribution in [1.82, 2.24) is 4.90 Å². The van der Waals surface area contributed by atoms with Crippen LogP contribution in [0.5, 0.6) is 5.75 Å². The number of halogens is 3. The number of methoxy groups -OCH3 is 1. The fraction of sp³-hybridized carbons (Fsp3) is 0.346. The molecule has 0 bridgehead atoms. The Balaban J connectivity index is 1.71. The molecule has 1 fully saturated rings. The summed E-state index contributed by atoms with van der Waals surface area (Å²) in [6.45, 7) is 4.09. The van der Waals surface area contributed by atoms with Crippen LogP contribution in [0.25, 0.3) is 11.3 Å². The van der Waals surface area contributed by atoms with Crippen molar-refractivity contribution in [2.45, 2.75) is 26.1 Å². The molecule has 1 amide bonds. The fourth-order valence-corrected chi connectivity index (χ4v) is 4.04. The van der Waals surface area contributed by atoms with Crippen LogP contribution in [0.2, 0.25) is 0 Å². The number of amides is 1. The van der Waals surface area contributed by atoms with Gasteiger partial charge in [0.05, 0.1) is 31.5 Å². The Morgan fingerprint density at radius 3 is 2.29 bits per heavy atom. The molecule has 0 spiro atoms. The van der Waals surface area contributed by atoms with E-state index in [-0.39, 0.29) is 11.7 Å². The van der Waals surface area contributed by atoms with Gasteiger partial charge in [-0.15, -0.1) is 0 Å². The van der Waals surface area contributed by atoms with Crippen molar-refractivity contribution in [2.24, 2.45) is 0 Å². The summed E-state index contributed by atoms with van der Waals surface area (Å²) in [5.41, 5.74) is 1.67. The second kappa shape index (κ2) is 10.4. The summed E-state index contributed by atoms with van der Waals surface area (Å²) in [5.74, 6) is 1.20. The molecule has 9 heteroatoms. The zero-order chi connectivity index (χ0) is 25.0. The lowest BCUT2D eigenvalue weighted by Gasteiger charge is -2.27. The Kier molecular flexibility index (Phi) is 7.35. The van der Waals surface area contributed by atoms with Crippen molar-refractivity contribution < 1.29 is 31.9 Å². The molecular weight excluding hydrogens is 461 g/mol. The topological polar surface area (TPSA) is 63.9 Å². The molecule has 2 aromatic carbocycles. The largest absolute Gasteiger partial charge is 0.497 e. The van der Waals surface area contributed by atoms with Gasteiger partial charge in [-0.05, 0) is 36.2 Å². The number of furan rings is 1. The van der Waals surface area contributed by atoms with Gasteiger partial charge in [0.25, 0.3) is 5.91 Å². The molecule has 0 unspecified atom stereocenters. The maximum absolute atomic E-state index is 13.5. The second-order valence-electron chi connectivity index (χ2n) is 8.15. The van der Waals surface area contributed by atoms with Gasteiger partial charge in [0.2, 0.25) is 0 Å². The molecular formula is C26H27F3N2O4. The van der Waals surface area contributed by atoms with E-state index in [4.69, 9.17) is 13.9 Å². The van der Waals surface area contributed by atoms with E-state index in [2.05, 4.69) is 5.32 Å². The number of hydrogen-bond donors (Lipinski definition) is 1. The van der Waals surface area contributed by atoms with E-state index in [1.54, 1.807) is 12.0 Å². The van der Waals surface area contributed by atoms with Crippen molar-refractivity contribution in [1.29, 1.82) is 0 Å². The van der Waals surface area contributed by atoms with Crippen LogP contribution < -0.4 is 10.1 Å². The molecule has 4 rings (SSSR count). The normalized spacial score (nSPS) is 14.1. The molecule has 1 aliphatic rings. The van der Waals surface area contributed by atoms with Gasteiger partial charge in [0.15, 0.2) is 5.88 Å². The molecule has 0 radical (unpaired) electrons. The molecule has 1 aliphatic heterocycles. The van der Waals surface area contributed by atoms with Crippen molar-refractivity contribution >= 4 is 11.8 Å². The number of hydrogen-bond acceptors (Lipinski definition) is 5. The van der Waals surface area contributed by atoms with Gasteiger partial charge in [-0.3, -0.25) is 4.79 Å². The highest BCUT2D eigenvalue weighted by atomic mass is 19.4. The van der Waals surface area contributed by atoms with Gasteiger partial charge in [0.1, 0.15) is 11.5 Å². The molecule has 0 saturated carbocycles. The summed E-state index contributed by atoms with van der Waals surface area (Å²) >= 11 is 0. The van der Waals surface area contributed by atoms with Crippen LogP contribution >= 0.6 is 0 Å². The first-order valence-electron chi connectivity index (χ1n) is 11.4. The molecule has 186 valence electrons. The Morgan fingerprint density at radius 1 is 1.06 bits per heavy atom. The number of ether oxygens (including phenoxy) is 2. The monoisotopic (exact) mass is 488 g/mol. The van der Waals surface area contributed by atoms with Crippen LogP contribution in [0.15, 0.2) is 52.9 Å². The number of benzene rings is 2. The Morgan fingerprint density at radius 2 is 1.71 bits per heavy atom. The minimum Gasteiger partial charge on any atom is -0.497 e. The van der Waals surface area contributed by atoms with Gasteiger partial charge in [0, 0.05) is 30.8 Å². The van der Waals surface area contributed by atoms with E-state index >= 15 is 0 Å². The van der Waals surface area contributed by atoms with Gasteiger partial charge < -0.3 is 24.1 Å². The summed E-state index contributed by atoms with van der Waals surface area (Å²) < 4.78 is 56.0. The van der Waals surface area contributed by atoms with Gasteiger partial charge in [-0.1, -0.05) is 31.2 Å². The predicted octanol–water partition coefficient (Wildman–Crippen LogP) is 5.62. The maximum Gasteiger partial charge on any atom is 0.416 e. The fourth-order valence-electron chi connectivity index (χ4n) is 4.04. The molecule has 1 saturated heterocycles. The third kappa shape index (κ3) is 5.45. The molecule has 0 atom stereocenters. The van der Waals surface area contributed by atoms with E-state index < -0.39 is 11.7 Å². The molecule has 1 N–H and O–H groups in total. The van der Waals surface area contributed by atoms with Crippen LogP contribution in [0.4, 0.5) is 19.1 Å². The van der Waals surface area contributed by atoms with Crippen LogP contribution in [-0.4, -0.2) is 44.2 Å². The number of carbonyl (C=O) groups is 1. The summed E-state index contributed by atoms with van der Waals surface area (Å²) in [4.78, 5) is 15.2. The Hall–Kier alpha value is -3.46. The first kappa shape index (κ1) is 24.7. The molecule has 2 heterocycles. The lowest BCUT2D eigenvalue weighted by Crippen LogP contribution is -2.41. The van der Waals surface area contributed by atoms with Crippen molar-refractivity contribution in [2.75, 3.05) is 38.7 Å². The van der Waals surface area contributed by atoms with Crippen molar-refractivity contribution in [3.05, 3.63) is 70.8 Å².